The minimum Gasteiger partial charge on any atom is -0.399 e. The number of carbonyl (C=O) groups is 1. The van der Waals surface area contributed by atoms with Crippen molar-refractivity contribution >= 4 is 36.4 Å². The number of nitrogens with two attached hydrogens (primary N) is 1. The van der Waals surface area contributed by atoms with E-state index in [9.17, 15) is 4.79 Å². The van der Waals surface area contributed by atoms with E-state index in [1.165, 1.54) is 6.42 Å². The molecule has 0 radical (unpaired) electrons. The number of ether oxygens (including phenoxy) is 1. The van der Waals surface area contributed by atoms with Gasteiger partial charge in [-0.1, -0.05) is 6.07 Å². The van der Waals surface area contributed by atoms with Gasteiger partial charge in [-0.15, -0.1) is 24.8 Å². The van der Waals surface area contributed by atoms with Crippen LogP contribution >= 0.6 is 24.8 Å². The first-order valence-corrected chi connectivity index (χ1v) is 9.95. The van der Waals surface area contributed by atoms with Crippen LogP contribution in [0.4, 0.5) is 5.69 Å². The van der Waals surface area contributed by atoms with Crippen LogP contribution in [0.15, 0.2) is 18.2 Å². The van der Waals surface area contributed by atoms with Crippen molar-refractivity contribution in [1.82, 2.24) is 9.80 Å². The third-order valence-electron chi connectivity index (χ3n) is 5.74. The van der Waals surface area contributed by atoms with Crippen LogP contribution in [0.25, 0.3) is 0 Å². The van der Waals surface area contributed by atoms with E-state index in [-0.39, 0.29) is 30.7 Å². The molecule has 0 aromatic heterocycles. The molecule has 2 heterocycles. The monoisotopic (exact) mass is 431 g/mol. The summed E-state index contributed by atoms with van der Waals surface area (Å²) >= 11 is 0. The number of hydrogen-bond acceptors (Lipinski definition) is 4. The SMILES string of the molecule is Cc1ccc(N)cc1C(=O)N1CCC(CCN2CC(C)OC(C)C2)CC1.Cl.Cl. The molecule has 0 saturated carbocycles. The lowest BCUT2D eigenvalue weighted by Crippen LogP contribution is -2.46. The molecule has 2 fully saturated rings. The van der Waals surface area contributed by atoms with E-state index < -0.39 is 0 Å². The quantitative estimate of drug-likeness (QED) is 0.736. The van der Waals surface area contributed by atoms with Gasteiger partial charge in [0.1, 0.15) is 0 Å². The van der Waals surface area contributed by atoms with Gasteiger partial charge >= 0.3 is 0 Å². The Labute approximate surface area is 181 Å². The van der Waals surface area contributed by atoms with Gasteiger partial charge in [0.2, 0.25) is 0 Å². The zero-order chi connectivity index (χ0) is 18.7. The molecule has 3 rings (SSSR count). The number of piperidine rings is 1. The molecule has 2 aliphatic rings. The topological polar surface area (TPSA) is 58.8 Å². The maximum Gasteiger partial charge on any atom is 0.254 e. The first kappa shape index (κ1) is 25.0. The smallest absolute Gasteiger partial charge is 0.254 e. The van der Waals surface area contributed by atoms with E-state index in [2.05, 4.69) is 18.7 Å². The highest BCUT2D eigenvalue weighted by atomic mass is 35.5. The molecule has 1 amide bonds. The van der Waals surface area contributed by atoms with Gasteiger partial charge in [0.25, 0.3) is 5.91 Å². The number of benzene rings is 1. The van der Waals surface area contributed by atoms with Gasteiger partial charge in [-0.25, -0.2) is 0 Å². The van der Waals surface area contributed by atoms with Gasteiger partial charge in [0.05, 0.1) is 12.2 Å². The van der Waals surface area contributed by atoms with Crippen LogP contribution in [-0.4, -0.2) is 60.6 Å². The van der Waals surface area contributed by atoms with E-state index in [0.717, 1.165) is 62.6 Å². The molecule has 28 heavy (non-hydrogen) atoms. The zero-order valence-corrected chi connectivity index (χ0v) is 18.9. The van der Waals surface area contributed by atoms with Crippen molar-refractivity contribution in [2.75, 3.05) is 38.5 Å². The molecule has 0 aliphatic carbocycles. The van der Waals surface area contributed by atoms with Gasteiger partial charge in [-0.3, -0.25) is 9.69 Å². The van der Waals surface area contributed by atoms with Gasteiger partial charge < -0.3 is 15.4 Å². The molecule has 1 aromatic rings. The summed E-state index contributed by atoms with van der Waals surface area (Å²) in [6.07, 6.45) is 4.09. The van der Waals surface area contributed by atoms with Gasteiger partial charge in [-0.2, -0.15) is 0 Å². The molecule has 2 N–H and O–H groups in total. The van der Waals surface area contributed by atoms with E-state index in [4.69, 9.17) is 10.5 Å². The molecule has 1 aromatic carbocycles. The maximum atomic E-state index is 12.8. The lowest BCUT2D eigenvalue weighted by Gasteiger charge is -2.37. The molecule has 2 unspecified atom stereocenters. The summed E-state index contributed by atoms with van der Waals surface area (Å²) in [6, 6.07) is 5.59. The highest BCUT2D eigenvalue weighted by molar-refractivity contribution is 5.96. The Morgan fingerprint density at radius 1 is 1.14 bits per heavy atom. The summed E-state index contributed by atoms with van der Waals surface area (Å²) in [5.41, 5.74) is 8.27. The van der Waals surface area contributed by atoms with Crippen molar-refractivity contribution < 1.29 is 9.53 Å². The molecule has 160 valence electrons. The van der Waals surface area contributed by atoms with Crippen molar-refractivity contribution in [3.63, 3.8) is 0 Å². The van der Waals surface area contributed by atoms with Crippen LogP contribution in [0.5, 0.6) is 0 Å². The first-order chi connectivity index (χ1) is 12.4. The number of aryl methyl sites for hydroxylation is 1. The molecule has 7 heteroatoms. The minimum atomic E-state index is 0. The summed E-state index contributed by atoms with van der Waals surface area (Å²) in [4.78, 5) is 17.3. The average Bonchev–Trinajstić information content (AvgIpc) is 2.61. The molecule has 5 nitrogen and oxygen atoms in total. The summed E-state index contributed by atoms with van der Waals surface area (Å²) < 4.78 is 5.81. The Morgan fingerprint density at radius 3 is 2.36 bits per heavy atom. The first-order valence-electron chi connectivity index (χ1n) is 9.95. The van der Waals surface area contributed by atoms with E-state index >= 15 is 0 Å². The second-order valence-corrected chi connectivity index (χ2v) is 8.12. The standard InChI is InChI=1S/C21H33N3O2.2ClH/c1-15-4-5-19(22)12-20(15)21(25)24-10-7-18(8-11-24)6-9-23-13-16(2)26-17(3)14-23;;/h4-5,12,16-18H,6-11,13-14,22H2,1-3H3;2*1H. The molecule has 2 aliphatic heterocycles. The van der Waals surface area contributed by atoms with Crippen molar-refractivity contribution in [1.29, 1.82) is 0 Å². The van der Waals surface area contributed by atoms with E-state index in [1.54, 1.807) is 0 Å². The van der Waals surface area contributed by atoms with Crippen LogP contribution < -0.4 is 5.73 Å². The third-order valence-corrected chi connectivity index (χ3v) is 5.74. The Kier molecular flexibility index (Phi) is 10.1. The number of morpholine rings is 1. The molecule has 0 bridgehead atoms. The van der Waals surface area contributed by atoms with E-state index in [0.29, 0.717) is 17.9 Å². The normalized spacial score (nSPS) is 23.6. The summed E-state index contributed by atoms with van der Waals surface area (Å²) in [7, 11) is 0. The van der Waals surface area contributed by atoms with Crippen LogP contribution in [0, 0.1) is 12.8 Å². The van der Waals surface area contributed by atoms with Crippen LogP contribution in [0.2, 0.25) is 0 Å². The van der Waals surface area contributed by atoms with Crippen LogP contribution in [-0.2, 0) is 4.74 Å². The summed E-state index contributed by atoms with van der Waals surface area (Å²) in [5, 5.41) is 0. The Hall–Kier alpha value is -1.01. The largest absolute Gasteiger partial charge is 0.399 e. The predicted octanol–water partition coefficient (Wildman–Crippen LogP) is 3.77. The van der Waals surface area contributed by atoms with Crippen molar-refractivity contribution in [2.45, 2.75) is 52.2 Å². The number of rotatable bonds is 4. The van der Waals surface area contributed by atoms with Crippen molar-refractivity contribution in [3.8, 4) is 0 Å². The summed E-state index contributed by atoms with van der Waals surface area (Å²) in [6.45, 7) is 11.2. The molecule has 0 spiro atoms. The average molecular weight is 432 g/mol. The number of nitrogen functional groups attached to an aromatic ring is 1. The second kappa shape index (κ2) is 11.2. The predicted molar refractivity (Wildman–Crippen MR) is 120 cm³/mol. The third kappa shape index (κ3) is 6.51. The Morgan fingerprint density at radius 2 is 1.75 bits per heavy atom. The molecular weight excluding hydrogens is 397 g/mol. The number of amides is 1. The lowest BCUT2D eigenvalue weighted by atomic mass is 9.92. The fourth-order valence-electron chi connectivity index (χ4n) is 4.30. The Bertz CT molecular complexity index is 626. The molecule has 2 saturated heterocycles. The fourth-order valence-corrected chi connectivity index (χ4v) is 4.30. The lowest BCUT2D eigenvalue weighted by molar-refractivity contribution is -0.0693. The zero-order valence-electron chi connectivity index (χ0n) is 17.2. The van der Waals surface area contributed by atoms with Crippen LogP contribution in [0.1, 0.15) is 49.0 Å². The Balaban J connectivity index is 0.00000196. The minimum absolute atomic E-state index is 0. The van der Waals surface area contributed by atoms with Gasteiger partial charge in [0.15, 0.2) is 0 Å². The van der Waals surface area contributed by atoms with Gasteiger partial charge in [-0.05, 0) is 70.2 Å². The molecule has 2 atom stereocenters. The van der Waals surface area contributed by atoms with E-state index in [1.807, 2.05) is 30.0 Å². The number of halogens is 2. The highest BCUT2D eigenvalue weighted by Gasteiger charge is 2.26. The maximum absolute atomic E-state index is 12.8. The molecular formula is C21H35Cl2N3O2. The number of carbonyl (C=O) groups excluding carboxylic acids is 1. The summed E-state index contributed by atoms with van der Waals surface area (Å²) in [5.74, 6) is 0.846. The fraction of sp³-hybridized carbons (Fsp3) is 0.667. The number of anilines is 1. The van der Waals surface area contributed by atoms with Crippen molar-refractivity contribution in [3.05, 3.63) is 29.3 Å². The highest BCUT2D eigenvalue weighted by Crippen LogP contribution is 2.24. The number of nitrogens with zero attached hydrogens (tertiary/aromatic N) is 2. The van der Waals surface area contributed by atoms with Crippen molar-refractivity contribution in [2.24, 2.45) is 5.92 Å². The second-order valence-electron chi connectivity index (χ2n) is 8.12. The number of likely N-dealkylation sites (tertiary alicyclic amines) is 1. The van der Waals surface area contributed by atoms with Crippen LogP contribution in [0.3, 0.4) is 0 Å². The van der Waals surface area contributed by atoms with Gasteiger partial charge in [0, 0.05) is 37.4 Å². The number of hydrogen-bond donors (Lipinski definition) is 1.